The maximum absolute atomic E-state index is 4.17. The van der Waals surface area contributed by atoms with Crippen LogP contribution in [0.25, 0.3) is 0 Å². The van der Waals surface area contributed by atoms with Gasteiger partial charge in [-0.3, -0.25) is 4.99 Å². The van der Waals surface area contributed by atoms with Crippen molar-refractivity contribution in [2.24, 2.45) is 10.9 Å². The maximum atomic E-state index is 4.17. The van der Waals surface area contributed by atoms with Gasteiger partial charge in [0.25, 0.3) is 0 Å². The van der Waals surface area contributed by atoms with Crippen LogP contribution in [0.3, 0.4) is 0 Å². The van der Waals surface area contributed by atoms with Crippen molar-refractivity contribution in [3.8, 4) is 0 Å². The minimum atomic E-state index is 0. The molecule has 0 aromatic heterocycles. The van der Waals surface area contributed by atoms with E-state index in [0.29, 0.717) is 0 Å². The summed E-state index contributed by atoms with van der Waals surface area (Å²) in [5, 5.41) is 6.56. The summed E-state index contributed by atoms with van der Waals surface area (Å²) in [5.74, 6) is 1.63. The largest absolute Gasteiger partial charge is 0.356 e. The van der Waals surface area contributed by atoms with E-state index < -0.39 is 0 Å². The molecule has 1 aliphatic heterocycles. The number of hydrogen-bond donors (Lipinski definition) is 2. The van der Waals surface area contributed by atoms with Gasteiger partial charge >= 0.3 is 0 Å². The molecule has 0 aliphatic carbocycles. The summed E-state index contributed by atoms with van der Waals surface area (Å²) in [6, 6.07) is 0. The van der Waals surface area contributed by atoms with Crippen LogP contribution in [0.2, 0.25) is 0 Å². The lowest BCUT2D eigenvalue weighted by Gasteiger charge is -2.16. The van der Waals surface area contributed by atoms with Gasteiger partial charge in [0.05, 0.1) is 0 Å². The minimum Gasteiger partial charge on any atom is -0.356 e. The summed E-state index contributed by atoms with van der Waals surface area (Å²) < 4.78 is 0. The van der Waals surface area contributed by atoms with Gasteiger partial charge in [-0.05, 0) is 31.8 Å². The standard InChI is InChI=1S/C13H26N4.HI/c1-4-7-15-13(14-3)16-10-12-6-9-17(11-12)8-5-2;/h4,12H,1,5-11H2,2-3H3,(H2,14,15,16);1H. The molecule has 0 bridgehead atoms. The highest BCUT2D eigenvalue weighted by molar-refractivity contribution is 14.0. The van der Waals surface area contributed by atoms with Gasteiger partial charge in [0.2, 0.25) is 0 Å². The summed E-state index contributed by atoms with van der Waals surface area (Å²) in [6.45, 7) is 11.4. The third-order valence-corrected chi connectivity index (χ3v) is 3.11. The van der Waals surface area contributed by atoms with Crippen molar-refractivity contribution < 1.29 is 0 Å². The van der Waals surface area contributed by atoms with Crippen LogP contribution in [0.5, 0.6) is 0 Å². The molecule has 0 spiro atoms. The lowest BCUT2D eigenvalue weighted by Crippen LogP contribution is -2.40. The summed E-state index contributed by atoms with van der Waals surface area (Å²) in [6.07, 6.45) is 4.39. The number of nitrogens with one attached hydrogen (secondary N) is 2. The SMILES string of the molecule is C=CCNC(=NC)NCC1CCN(CCC)C1.I. The van der Waals surface area contributed by atoms with Crippen LogP contribution < -0.4 is 10.6 Å². The van der Waals surface area contributed by atoms with Crippen LogP contribution in [0.4, 0.5) is 0 Å². The Labute approximate surface area is 128 Å². The summed E-state index contributed by atoms with van der Waals surface area (Å²) in [7, 11) is 1.80. The fourth-order valence-electron chi connectivity index (χ4n) is 2.23. The summed E-state index contributed by atoms with van der Waals surface area (Å²) in [5.41, 5.74) is 0. The first-order valence-corrected chi connectivity index (χ1v) is 6.57. The lowest BCUT2D eigenvalue weighted by atomic mass is 10.1. The van der Waals surface area contributed by atoms with Crippen molar-refractivity contribution in [2.75, 3.05) is 39.8 Å². The number of likely N-dealkylation sites (tertiary alicyclic amines) is 1. The van der Waals surface area contributed by atoms with E-state index in [2.05, 4.69) is 34.0 Å². The van der Waals surface area contributed by atoms with Crippen molar-refractivity contribution >= 4 is 29.9 Å². The second-order valence-electron chi connectivity index (χ2n) is 4.58. The Morgan fingerprint density at radius 1 is 1.50 bits per heavy atom. The third-order valence-electron chi connectivity index (χ3n) is 3.11. The number of hydrogen-bond acceptors (Lipinski definition) is 2. The topological polar surface area (TPSA) is 39.7 Å². The molecular weight excluding hydrogens is 339 g/mol. The summed E-state index contributed by atoms with van der Waals surface area (Å²) >= 11 is 0. The minimum absolute atomic E-state index is 0. The lowest BCUT2D eigenvalue weighted by molar-refractivity contribution is 0.324. The molecule has 1 rings (SSSR count). The molecule has 106 valence electrons. The number of guanidine groups is 1. The molecule has 0 radical (unpaired) electrons. The molecule has 4 nitrogen and oxygen atoms in total. The Hall–Kier alpha value is -0.300. The predicted octanol–water partition coefficient (Wildman–Crippen LogP) is 1.69. The quantitative estimate of drug-likeness (QED) is 0.325. The van der Waals surface area contributed by atoms with Crippen molar-refractivity contribution in [1.82, 2.24) is 15.5 Å². The molecule has 1 atom stereocenters. The van der Waals surface area contributed by atoms with Gasteiger partial charge in [-0.1, -0.05) is 13.0 Å². The van der Waals surface area contributed by atoms with Gasteiger partial charge in [0.15, 0.2) is 5.96 Å². The monoisotopic (exact) mass is 366 g/mol. The smallest absolute Gasteiger partial charge is 0.191 e. The van der Waals surface area contributed by atoms with E-state index in [1.165, 1.54) is 32.5 Å². The number of aliphatic imine (C=N–C) groups is 1. The molecule has 1 heterocycles. The van der Waals surface area contributed by atoms with Crippen molar-refractivity contribution in [3.63, 3.8) is 0 Å². The zero-order valence-corrected chi connectivity index (χ0v) is 13.9. The normalized spacial score (nSPS) is 20.3. The first-order valence-electron chi connectivity index (χ1n) is 6.57. The number of halogens is 1. The molecule has 18 heavy (non-hydrogen) atoms. The average molecular weight is 366 g/mol. The number of nitrogens with zero attached hydrogens (tertiary/aromatic N) is 2. The van der Waals surface area contributed by atoms with Crippen LogP contribution >= 0.6 is 24.0 Å². The highest BCUT2D eigenvalue weighted by Crippen LogP contribution is 2.15. The molecule has 0 saturated carbocycles. The van der Waals surface area contributed by atoms with E-state index in [0.717, 1.165) is 25.0 Å². The number of rotatable bonds is 6. The van der Waals surface area contributed by atoms with Crippen LogP contribution in [0.15, 0.2) is 17.6 Å². The van der Waals surface area contributed by atoms with Crippen LogP contribution in [0, 0.1) is 5.92 Å². The van der Waals surface area contributed by atoms with Gasteiger partial charge in [-0.25, -0.2) is 0 Å². The molecule has 1 saturated heterocycles. The van der Waals surface area contributed by atoms with Crippen LogP contribution in [-0.2, 0) is 0 Å². The third kappa shape index (κ3) is 6.58. The van der Waals surface area contributed by atoms with E-state index in [-0.39, 0.29) is 24.0 Å². The van der Waals surface area contributed by atoms with E-state index in [1.807, 2.05) is 6.08 Å². The molecule has 5 heteroatoms. The molecule has 1 fully saturated rings. The molecule has 1 aliphatic rings. The molecule has 2 N–H and O–H groups in total. The van der Waals surface area contributed by atoms with E-state index >= 15 is 0 Å². The second-order valence-corrected chi connectivity index (χ2v) is 4.58. The Morgan fingerprint density at radius 3 is 2.89 bits per heavy atom. The Balaban J connectivity index is 0.00000289. The van der Waals surface area contributed by atoms with Crippen molar-refractivity contribution in [1.29, 1.82) is 0 Å². The Kier molecular flexibility index (Phi) is 10.4. The van der Waals surface area contributed by atoms with Gasteiger partial charge < -0.3 is 15.5 Å². The zero-order valence-electron chi connectivity index (χ0n) is 11.6. The highest BCUT2D eigenvalue weighted by atomic mass is 127. The second kappa shape index (κ2) is 10.6. The van der Waals surface area contributed by atoms with Gasteiger partial charge in [0, 0.05) is 26.7 Å². The highest BCUT2D eigenvalue weighted by Gasteiger charge is 2.21. The molecule has 0 amide bonds. The Bertz CT molecular complexity index is 255. The zero-order chi connectivity index (χ0) is 12.5. The van der Waals surface area contributed by atoms with Crippen LogP contribution in [-0.4, -0.2) is 50.6 Å². The van der Waals surface area contributed by atoms with Gasteiger partial charge in [-0.15, -0.1) is 30.6 Å². The fraction of sp³-hybridized carbons (Fsp3) is 0.769. The Morgan fingerprint density at radius 2 is 2.28 bits per heavy atom. The van der Waals surface area contributed by atoms with E-state index in [4.69, 9.17) is 0 Å². The average Bonchev–Trinajstić information content (AvgIpc) is 2.78. The van der Waals surface area contributed by atoms with E-state index in [9.17, 15) is 0 Å². The van der Waals surface area contributed by atoms with E-state index in [1.54, 1.807) is 7.05 Å². The predicted molar refractivity (Wildman–Crippen MR) is 89.8 cm³/mol. The first-order chi connectivity index (χ1) is 8.30. The molecular formula is C13H27IN4. The fourth-order valence-corrected chi connectivity index (χ4v) is 2.23. The van der Waals surface area contributed by atoms with Crippen molar-refractivity contribution in [2.45, 2.75) is 19.8 Å². The maximum Gasteiger partial charge on any atom is 0.191 e. The van der Waals surface area contributed by atoms with Gasteiger partial charge in [0.1, 0.15) is 0 Å². The summed E-state index contributed by atoms with van der Waals surface area (Å²) in [4.78, 5) is 6.72. The molecule has 0 aromatic rings. The van der Waals surface area contributed by atoms with Crippen LogP contribution in [0.1, 0.15) is 19.8 Å². The van der Waals surface area contributed by atoms with Gasteiger partial charge in [-0.2, -0.15) is 0 Å². The van der Waals surface area contributed by atoms with Crippen molar-refractivity contribution in [3.05, 3.63) is 12.7 Å². The molecule has 0 aromatic carbocycles. The first kappa shape index (κ1) is 17.7. The molecule has 1 unspecified atom stereocenters.